The Labute approximate surface area is 97.6 Å². The summed E-state index contributed by atoms with van der Waals surface area (Å²) >= 11 is 0. The van der Waals surface area contributed by atoms with Crippen molar-refractivity contribution in [2.45, 2.75) is 38.8 Å². The molecule has 90 valence electrons. The second kappa shape index (κ2) is 4.09. The van der Waals surface area contributed by atoms with Crippen molar-refractivity contribution in [3.63, 3.8) is 0 Å². The Morgan fingerprint density at radius 1 is 1.56 bits per heavy atom. The van der Waals surface area contributed by atoms with Crippen molar-refractivity contribution in [2.75, 3.05) is 18.0 Å². The van der Waals surface area contributed by atoms with Crippen molar-refractivity contribution in [2.24, 2.45) is 7.05 Å². The highest BCUT2D eigenvalue weighted by Crippen LogP contribution is 2.24. The van der Waals surface area contributed by atoms with Crippen LogP contribution in [0.4, 0.5) is 5.69 Å². The van der Waals surface area contributed by atoms with E-state index in [4.69, 9.17) is 0 Å². The van der Waals surface area contributed by atoms with E-state index < -0.39 is 0 Å². The molecule has 1 atom stereocenters. The largest absolute Gasteiger partial charge is 0.363 e. The Balaban J connectivity index is 2.21. The second-order valence-corrected chi connectivity index (χ2v) is 5.33. The average molecular weight is 222 g/mol. The van der Waals surface area contributed by atoms with Gasteiger partial charge in [0.15, 0.2) is 0 Å². The average Bonchev–Trinajstić information content (AvgIpc) is 2.64. The van der Waals surface area contributed by atoms with Gasteiger partial charge in [-0.1, -0.05) is 6.92 Å². The van der Waals surface area contributed by atoms with Gasteiger partial charge in [-0.3, -0.25) is 4.68 Å². The first-order valence-electron chi connectivity index (χ1n) is 6.02. The number of aryl methyl sites for hydroxylation is 1. The van der Waals surface area contributed by atoms with Crippen LogP contribution in [0.15, 0.2) is 12.4 Å². The molecule has 2 heterocycles. The molecular weight excluding hydrogens is 200 g/mol. The Morgan fingerprint density at radius 2 is 2.31 bits per heavy atom. The van der Waals surface area contributed by atoms with Gasteiger partial charge in [-0.2, -0.15) is 5.10 Å². The smallest absolute Gasteiger partial charge is 0.0755 e. The normalized spacial score (nSPS) is 24.8. The molecule has 0 aliphatic carbocycles. The highest BCUT2D eigenvalue weighted by Gasteiger charge is 2.32. The fraction of sp³-hybridized carbons (Fsp3) is 0.750. The molecular formula is C12H22N4. The molecule has 0 spiro atoms. The summed E-state index contributed by atoms with van der Waals surface area (Å²) in [4.78, 5) is 2.48. The van der Waals surface area contributed by atoms with E-state index in [2.05, 4.69) is 42.3 Å². The summed E-state index contributed by atoms with van der Waals surface area (Å²) in [6.07, 6.45) is 5.23. The zero-order valence-electron chi connectivity index (χ0n) is 10.7. The van der Waals surface area contributed by atoms with E-state index in [1.807, 2.05) is 17.9 Å². The van der Waals surface area contributed by atoms with Crippen molar-refractivity contribution in [3.05, 3.63) is 12.4 Å². The maximum Gasteiger partial charge on any atom is 0.0755 e. The van der Waals surface area contributed by atoms with Gasteiger partial charge in [-0.05, 0) is 20.3 Å². The standard InChI is InChI=1S/C12H22N4/c1-5-10-6-13-12(2,3)9-16(10)11-7-14-15(4)8-11/h7-8,10,13H,5-6,9H2,1-4H3. The van der Waals surface area contributed by atoms with E-state index in [1.54, 1.807) is 0 Å². The van der Waals surface area contributed by atoms with E-state index in [0.717, 1.165) is 19.5 Å². The molecule has 1 N–H and O–H groups in total. The fourth-order valence-corrected chi connectivity index (χ4v) is 2.34. The Bertz CT molecular complexity index is 356. The summed E-state index contributed by atoms with van der Waals surface area (Å²) in [5.41, 5.74) is 1.42. The lowest BCUT2D eigenvalue weighted by Crippen LogP contribution is -2.61. The molecule has 4 nitrogen and oxygen atoms in total. The van der Waals surface area contributed by atoms with Crippen LogP contribution in [0.1, 0.15) is 27.2 Å². The molecule has 1 saturated heterocycles. The maximum atomic E-state index is 4.26. The van der Waals surface area contributed by atoms with Crippen LogP contribution in [0.3, 0.4) is 0 Å². The van der Waals surface area contributed by atoms with Crippen LogP contribution < -0.4 is 10.2 Å². The molecule has 16 heavy (non-hydrogen) atoms. The van der Waals surface area contributed by atoms with Crippen LogP contribution in [-0.4, -0.2) is 34.5 Å². The minimum absolute atomic E-state index is 0.182. The minimum Gasteiger partial charge on any atom is -0.363 e. The third kappa shape index (κ3) is 2.21. The van der Waals surface area contributed by atoms with E-state index in [0.29, 0.717) is 6.04 Å². The molecule has 0 bridgehead atoms. The summed E-state index contributed by atoms with van der Waals surface area (Å²) < 4.78 is 1.87. The molecule has 0 aromatic carbocycles. The first kappa shape index (κ1) is 11.5. The van der Waals surface area contributed by atoms with Gasteiger partial charge < -0.3 is 10.2 Å². The zero-order chi connectivity index (χ0) is 11.8. The molecule has 2 rings (SSSR count). The van der Waals surface area contributed by atoms with Gasteiger partial charge in [0, 0.05) is 37.9 Å². The second-order valence-electron chi connectivity index (χ2n) is 5.33. The molecule has 4 heteroatoms. The predicted molar refractivity (Wildman–Crippen MR) is 66.7 cm³/mol. The molecule has 1 fully saturated rings. The molecule has 0 saturated carbocycles. The zero-order valence-corrected chi connectivity index (χ0v) is 10.7. The third-order valence-electron chi connectivity index (χ3n) is 3.32. The Kier molecular flexibility index (Phi) is 2.93. The van der Waals surface area contributed by atoms with Gasteiger partial charge in [0.25, 0.3) is 0 Å². The van der Waals surface area contributed by atoms with Crippen LogP contribution in [0, 0.1) is 0 Å². The third-order valence-corrected chi connectivity index (χ3v) is 3.32. The van der Waals surface area contributed by atoms with E-state index in [-0.39, 0.29) is 5.54 Å². The molecule has 0 amide bonds. The van der Waals surface area contributed by atoms with Gasteiger partial charge in [0.05, 0.1) is 11.9 Å². The Morgan fingerprint density at radius 3 is 2.88 bits per heavy atom. The Hall–Kier alpha value is -1.03. The van der Waals surface area contributed by atoms with Crippen LogP contribution >= 0.6 is 0 Å². The molecule has 1 aromatic rings. The lowest BCUT2D eigenvalue weighted by molar-refractivity contribution is 0.306. The fourth-order valence-electron chi connectivity index (χ4n) is 2.34. The van der Waals surface area contributed by atoms with Crippen molar-refractivity contribution < 1.29 is 0 Å². The number of anilines is 1. The number of nitrogens with zero attached hydrogens (tertiary/aromatic N) is 3. The number of hydrogen-bond acceptors (Lipinski definition) is 3. The number of nitrogens with one attached hydrogen (secondary N) is 1. The van der Waals surface area contributed by atoms with E-state index in [1.165, 1.54) is 5.69 Å². The van der Waals surface area contributed by atoms with Crippen LogP contribution in [-0.2, 0) is 7.05 Å². The number of piperazine rings is 1. The summed E-state index contributed by atoms with van der Waals surface area (Å²) in [7, 11) is 1.97. The van der Waals surface area contributed by atoms with Crippen molar-refractivity contribution in [1.82, 2.24) is 15.1 Å². The maximum absolute atomic E-state index is 4.26. The molecule has 1 aromatic heterocycles. The molecule has 0 radical (unpaired) electrons. The predicted octanol–water partition coefficient (Wildman–Crippen LogP) is 1.39. The molecule has 1 aliphatic heterocycles. The highest BCUT2D eigenvalue weighted by molar-refractivity contribution is 5.45. The topological polar surface area (TPSA) is 33.1 Å². The monoisotopic (exact) mass is 222 g/mol. The molecule has 1 unspecified atom stereocenters. The van der Waals surface area contributed by atoms with Gasteiger partial charge >= 0.3 is 0 Å². The summed E-state index contributed by atoms with van der Waals surface area (Å²) in [5.74, 6) is 0. The SMILES string of the molecule is CCC1CNC(C)(C)CN1c1cnn(C)c1. The molecule has 1 aliphatic rings. The minimum atomic E-state index is 0.182. The summed E-state index contributed by atoms with van der Waals surface area (Å²) in [5, 5.41) is 7.86. The van der Waals surface area contributed by atoms with E-state index in [9.17, 15) is 0 Å². The lowest BCUT2D eigenvalue weighted by Gasteiger charge is -2.45. The number of aromatic nitrogens is 2. The van der Waals surface area contributed by atoms with Crippen molar-refractivity contribution in [1.29, 1.82) is 0 Å². The lowest BCUT2D eigenvalue weighted by atomic mass is 9.97. The number of hydrogen-bond donors (Lipinski definition) is 1. The highest BCUT2D eigenvalue weighted by atomic mass is 15.3. The van der Waals surface area contributed by atoms with Gasteiger partial charge in [0.2, 0.25) is 0 Å². The van der Waals surface area contributed by atoms with Crippen LogP contribution in [0.2, 0.25) is 0 Å². The van der Waals surface area contributed by atoms with Gasteiger partial charge in [-0.15, -0.1) is 0 Å². The summed E-state index contributed by atoms with van der Waals surface area (Å²) in [6, 6.07) is 0.581. The first-order chi connectivity index (χ1) is 7.52. The quantitative estimate of drug-likeness (QED) is 0.821. The van der Waals surface area contributed by atoms with E-state index >= 15 is 0 Å². The van der Waals surface area contributed by atoms with Gasteiger partial charge in [-0.25, -0.2) is 0 Å². The summed E-state index contributed by atoms with van der Waals surface area (Å²) in [6.45, 7) is 8.84. The van der Waals surface area contributed by atoms with Crippen molar-refractivity contribution >= 4 is 5.69 Å². The van der Waals surface area contributed by atoms with Gasteiger partial charge in [0.1, 0.15) is 0 Å². The first-order valence-corrected chi connectivity index (χ1v) is 6.02. The van der Waals surface area contributed by atoms with Crippen LogP contribution in [0.5, 0.6) is 0 Å². The van der Waals surface area contributed by atoms with Crippen LogP contribution in [0.25, 0.3) is 0 Å². The van der Waals surface area contributed by atoms with Crippen molar-refractivity contribution in [3.8, 4) is 0 Å². The number of rotatable bonds is 2.